The van der Waals surface area contributed by atoms with Crippen molar-refractivity contribution >= 4 is 48.3 Å². The van der Waals surface area contributed by atoms with Gasteiger partial charge in [0.25, 0.3) is 10.0 Å². The number of hydrogen-bond donors (Lipinski definition) is 2. The van der Waals surface area contributed by atoms with Crippen molar-refractivity contribution in [3.63, 3.8) is 0 Å². The van der Waals surface area contributed by atoms with Gasteiger partial charge in [0.15, 0.2) is 10.2 Å². The van der Waals surface area contributed by atoms with Crippen LogP contribution in [0.1, 0.15) is 12.7 Å². The molecular formula is C12H11ClN4O2S2. The molecule has 1 aromatic carbocycles. The van der Waals surface area contributed by atoms with Crippen LogP contribution in [0.2, 0.25) is 5.02 Å². The Labute approximate surface area is 130 Å². The Morgan fingerprint density at radius 3 is 2.95 bits per heavy atom. The molecule has 0 amide bonds. The third-order valence-electron chi connectivity index (χ3n) is 2.80. The Balaban J connectivity index is 1.93. The number of thiazole rings is 1. The predicted molar refractivity (Wildman–Crippen MR) is 83.4 cm³/mol. The summed E-state index contributed by atoms with van der Waals surface area (Å²) in [6, 6.07) is 5.21. The van der Waals surface area contributed by atoms with Crippen LogP contribution < -0.4 is 4.72 Å². The lowest BCUT2D eigenvalue weighted by atomic mass is 10.3. The molecule has 3 aromatic rings. The second-order valence-electron chi connectivity index (χ2n) is 4.28. The van der Waals surface area contributed by atoms with Crippen molar-refractivity contribution < 1.29 is 8.42 Å². The summed E-state index contributed by atoms with van der Waals surface area (Å²) in [7, 11) is -3.71. The van der Waals surface area contributed by atoms with Crippen molar-refractivity contribution in [1.82, 2.24) is 15.0 Å². The summed E-state index contributed by atoms with van der Waals surface area (Å²) < 4.78 is 27.7. The number of benzene rings is 1. The minimum absolute atomic E-state index is 0.0247. The van der Waals surface area contributed by atoms with Gasteiger partial charge in [-0.3, -0.25) is 4.72 Å². The number of anilines is 1. The van der Waals surface area contributed by atoms with Gasteiger partial charge >= 0.3 is 0 Å². The smallest absolute Gasteiger partial charge is 0.280 e. The summed E-state index contributed by atoms with van der Waals surface area (Å²) >= 11 is 7.13. The molecule has 6 nitrogen and oxygen atoms in total. The van der Waals surface area contributed by atoms with Crippen LogP contribution in [0.15, 0.2) is 29.4 Å². The van der Waals surface area contributed by atoms with E-state index in [1.165, 1.54) is 17.5 Å². The molecule has 9 heteroatoms. The highest BCUT2D eigenvalue weighted by atomic mass is 35.5. The molecule has 2 N–H and O–H groups in total. The molecule has 2 heterocycles. The molecule has 0 spiro atoms. The number of hydrogen-bond acceptors (Lipinski definition) is 5. The Hall–Kier alpha value is -1.64. The van der Waals surface area contributed by atoms with E-state index >= 15 is 0 Å². The largest absolute Gasteiger partial charge is 0.332 e. The number of halogens is 1. The van der Waals surface area contributed by atoms with Crippen molar-refractivity contribution in [2.45, 2.75) is 18.4 Å². The number of aryl methyl sites for hydroxylation is 1. The Morgan fingerprint density at radius 1 is 1.43 bits per heavy atom. The number of rotatable bonds is 4. The zero-order valence-electron chi connectivity index (χ0n) is 10.9. The lowest BCUT2D eigenvalue weighted by molar-refractivity contribution is 0.598. The second kappa shape index (κ2) is 5.28. The van der Waals surface area contributed by atoms with Crippen LogP contribution in [0.3, 0.4) is 0 Å². The van der Waals surface area contributed by atoms with E-state index in [9.17, 15) is 8.42 Å². The Morgan fingerprint density at radius 2 is 2.24 bits per heavy atom. The first-order chi connectivity index (χ1) is 9.98. The SMILES string of the molecule is CCc1ncc(S(=O)(=O)Nc2nc3ccc(Cl)cc3s2)[nH]1. The van der Waals surface area contributed by atoms with Crippen molar-refractivity contribution in [2.24, 2.45) is 0 Å². The van der Waals surface area contributed by atoms with Crippen LogP contribution in [0, 0.1) is 0 Å². The van der Waals surface area contributed by atoms with Gasteiger partial charge in [-0.05, 0) is 18.2 Å². The summed E-state index contributed by atoms with van der Waals surface area (Å²) in [5.74, 6) is 0.617. The zero-order chi connectivity index (χ0) is 15.0. The van der Waals surface area contributed by atoms with Gasteiger partial charge in [0.05, 0.1) is 16.4 Å². The molecule has 0 aliphatic rings. The average molecular weight is 343 g/mol. The topological polar surface area (TPSA) is 87.7 Å². The summed E-state index contributed by atoms with van der Waals surface area (Å²) in [6.07, 6.45) is 1.93. The summed E-state index contributed by atoms with van der Waals surface area (Å²) in [5, 5.41) is 0.901. The first kappa shape index (κ1) is 14.3. The van der Waals surface area contributed by atoms with Crippen molar-refractivity contribution in [1.29, 1.82) is 0 Å². The van der Waals surface area contributed by atoms with E-state index in [0.29, 0.717) is 27.9 Å². The van der Waals surface area contributed by atoms with E-state index in [4.69, 9.17) is 11.6 Å². The predicted octanol–water partition coefficient (Wildman–Crippen LogP) is 3.04. The number of aromatic nitrogens is 3. The Kier molecular flexibility index (Phi) is 3.60. The summed E-state index contributed by atoms with van der Waals surface area (Å²) in [4.78, 5) is 11.0. The standard InChI is InChI=1S/C12H11ClN4O2S2/c1-2-10-14-6-11(16-10)21(18,19)17-12-15-8-4-3-7(13)5-9(8)20-12/h3-6H,2H2,1H3,(H,14,16)(H,15,17). The first-order valence-corrected chi connectivity index (χ1v) is 8.78. The molecule has 0 bridgehead atoms. The molecule has 0 saturated carbocycles. The van der Waals surface area contributed by atoms with Crippen LogP contribution in [-0.2, 0) is 16.4 Å². The fraction of sp³-hybridized carbons (Fsp3) is 0.167. The molecule has 0 saturated heterocycles. The molecule has 0 atom stereocenters. The van der Waals surface area contributed by atoms with Gasteiger partial charge < -0.3 is 4.98 Å². The van der Waals surface area contributed by atoms with E-state index in [2.05, 4.69) is 19.7 Å². The van der Waals surface area contributed by atoms with E-state index in [1.807, 2.05) is 6.92 Å². The molecule has 21 heavy (non-hydrogen) atoms. The third kappa shape index (κ3) is 2.87. The maximum atomic E-state index is 12.2. The number of nitrogens with zero attached hydrogens (tertiary/aromatic N) is 2. The van der Waals surface area contributed by atoms with Crippen LogP contribution in [0.5, 0.6) is 0 Å². The van der Waals surface area contributed by atoms with E-state index in [0.717, 1.165) is 4.70 Å². The van der Waals surface area contributed by atoms with Gasteiger partial charge in [0, 0.05) is 11.4 Å². The van der Waals surface area contributed by atoms with Gasteiger partial charge in [0.2, 0.25) is 0 Å². The van der Waals surface area contributed by atoms with Gasteiger partial charge in [-0.25, -0.2) is 9.97 Å². The van der Waals surface area contributed by atoms with E-state index < -0.39 is 10.0 Å². The van der Waals surface area contributed by atoms with E-state index in [-0.39, 0.29) is 5.03 Å². The molecule has 110 valence electrons. The van der Waals surface area contributed by atoms with Gasteiger partial charge in [-0.15, -0.1) is 0 Å². The Bertz CT molecular complexity index is 901. The molecule has 0 radical (unpaired) electrons. The van der Waals surface area contributed by atoms with E-state index in [1.54, 1.807) is 18.2 Å². The third-order valence-corrected chi connectivity index (χ3v) is 5.35. The molecule has 0 aliphatic heterocycles. The van der Waals surface area contributed by atoms with Gasteiger partial charge in [0.1, 0.15) is 5.82 Å². The van der Waals surface area contributed by atoms with Gasteiger partial charge in [-0.1, -0.05) is 29.9 Å². The minimum atomic E-state index is -3.71. The second-order valence-corrected chi connectivity index (χ2v) is 7.40. The first-order valence-electron chi connectivity index (χ1n) is 6.11. The molecule has 2 aromatic heterocycles. The summed E-state index contributed by atoms with van der Waals surface area (Å²) in [5.41, 5.74) is 0.695. The quantitative estimate of drug-likeness (QED) is 0.762. The fourth-order valence-corrected chi connectivity index (χ4v) is 4.09. The lowest BCUT2D eigenvalue weighted by Gasteiger charge is -2.01. The van der Waals surface area contributed by atoms with Crippen molar-refractivity contribution in [3.05, 3.63) is 35.2 Å². The fourth-order valence-electron chi connectivity index (χ4n) is 1.77. The molecule has 0 aliphatic carbocycles. The monoisotopic (exact) mass is 342 g/mol. The number of sulfonamides is 1. The number of fused-ring (bicyclic) bond motifs is 1. The highest BCUT2D eigenvalue weighted by Crippen LogP contribution is 2.29. The highest BCUT2D eigenvalue weighted by molar-refractivity contribution is 7.92. The zero-order valence-corrected chi connectivity index (χ0v) is 13.3. The van der Waals surface area contributed by atoms with Gasteiger partial charge in [-0.2, -0.15) is 8.42 Å². The van der Waals surface area contributed by atoms with Crippen LogP contribution >= 0.6 is 22.9 Å². The summed E-state index contributed by atoms with van der Waals surface area (Å²) in [6.45, 7) is 1.89. The average Bonchev–Trinajstić information content (AvgIpc) is 3.03. The molecule has 0 fully saturated rings. The van der Waals surface area contributed by atoms with Crippen molar-refractivity contribution in [3.8, 4) is 0 Å². The van der Waals surface area contributed by atoms with Crippen LogP contribution in [-0.4, -0.2) is 23.4 Å². The number of nitrogens with one attached hydrogen (secondary N) is 2. The number of H-pyrrole nitrogens is 1. The molecule has 3 rings (SSSR count). The molecular weight excluding hydrogens is 332 g/mol. The van der Waals surface area contributed by atoms with Crippen molar-refractivity contribution in [2.75, 3.05) is 4.72 Å². The molecule has 0 unspecified atom stereocenters. The normalized spacial score (nSPS) is 11.9. The van der Waals surface area contributed by atoms with Crippen LogP contribution in [0.4, 0.5) is 5.13 Å². The number of aromatic amines is 1. The maximum Gasteiger partial charge on any atom is 0.280 e. The minimum Gasteiger partial charge on any atom is -0.332 e. The highest BCUT2D eigenvalue weighted by Gasteiger charge is 2.19. The van der Waals surface area contributed by atoms with Crippen LogP contribution in [0.25, 0.3) is 10.2 Å². The maximum absolute atomic E-state index is 12.2. The lowest BCUT2D eigenvalue weighted by Crippen LogP contribution is -2.13. The number of imidazole rings is 1.